The van der Waals surface area contributed by atoms with Crippen LogP contribution in [0.15, 0.2) is 22.8 Å². The lowest BCUT2D eigenvalue weighted by molar-refractivity contribution is 0.226. The highest BCUT2D eigenvalue weighted by Gasteiger charge is 2.29. The summed E-state index contributed by atoms with van der Waals surface area (Å²) in [5, 5.41) is 0. The van der Waals surface area contributed by atoms with Crippen molar-refractivity contribution >= 4 is 0 Å². The molecule has 0 amide bonds. The summed E-state index contributed by atoms with van der Waals surface area (Å²) in [5.41, 5.74) is 0. The Morgan fingerprint density at radius 3 is 2.12 bits per heavy atom. The van der Waals surface area contributed by atoms with Crippen molar-refractivity contribution in [1.82, 2.24) is 0 Å². The van der Waals surface area contributed by atoms with Crippen LogP contribution in [-0.4, -0.2) is 0 Å². The highest BCUT2D eigenvalue weighted by Crippen LogP contribution is 2.38. The molecule has 92 valence electrons. The highest BCUT2D eigenvalue weighted by atomic mass is 16.3. The molecular formula is C15H26O. The van der Waals surface area contributed by atoms with Gasteiger partial charge in [0, 0.05) is 5.92 Å². The van der Waals surface area contributed by atoms with E-state index < -0.39 is 0 Å². The van der Waals surface area contributed by atoms with Crippen molar-refractivity contribution < 1.29 is 4.42 Å². The smallest absolute Gasteiger partial charge is 0.107 e. The molecule has 16 heavy (non-hydrogen) atoms. The fourth-order valence-electron chi connectivity index (χ4n) is 2.52. The number of furan rings is 1. The highest BCUT2D eigenvalue weighted by molar-refractivity contribution is 5.08. The molecule has 1 aromatic rings. The Balaban J connectivity index is 2.87. The van der Waals surface area contributed by atoms with Gasteiger partial charge in [-0.15, -0.1) is 0 Å². The van der Waals surface area contributed by atoms with E-state index in [0.29, 0.717) is 17.8 Å². The lowest BCUT2D eigenvalue weighted by atomic mass is 9.74. The Morgan fingerprint density at radius 2 is 1.69 bits per heavy atom. The van der Waals surface area contributed by atoms with Gasteiger partial charge >= 0.3 is 0 Å². The quantitative estimate of drug-likeness (QED) is 0.653. The van der Waals surface area contributed by atoms with E-state index in [1.807, 2.05) is 6.07 Å². The average Bonchev–Trinajstić information content (AvgIpc) is 2.81. The molecule has 0 fully saturated rings. The minimum Gasteiger partial charge on any atom is -0.469 e. The van der Waals surface area contributed by atoms with Crippen LogP contribution >= 0.6 is 0 Å². The van der Waals surface area contributed by atoms with E-state index in [1.165, 1.54) is 18.6 Å². The molecule has 0 spiro atoms. The van der Waals surface area contributed by atoms with E-state index in [1.54, 1.807) is 6.26 Å². The van der Waals surface area contributed by atoms with E-state index in [0.717, 1.165) is 5.92 Å². The minimum absolute atomic E-state index is 0.565. The summed E-state index contributed by atoms with van der Waals surface area (Å²) in [6.07, 6.45) is 4.26. The summed E-state index contributed by atoms with van der Waals surface area (Å²) in [4.78, 5) is 0. The minimum atomic E-state index is 0.565. The fourth-order valence-corrected chi connectivity index (χ4v) is 2.52. The van der Waals surface area contributed by atoms with E-state index in [9.17, 15) is 0 Å². The van der Waals surface area contributed by atoms with Crippen LogP contribution in [0.25, 0.3) is 0 Å². The first-order valence-electron chi connectivity index (χ1n) is 6.65. The van der Waals surface area contributed by atoms with Crippen LogP contribution in [0.5, 0.6) is 0 Å². The zero-order valence-corrected chi connectivity index (χ0v) is 11.4. The topological polar surface area (TPSA) is 13.1 Å². The van der Waals surface area contributed by atoms with Gasteiger partial charge < -0.3 is 4.42 Å². The molecule has 0 saturated heterocycles. The maximum absolute atomic E-state index is 5.63. The number of rotatable bonds is 6. The fraction of sp³-hybridized carbons (Fsp3) is 0.733. The molecule has 0 radical (unpaired) electrons. The molecule has 1 heteroatoms. The Bertz CT molecular complexity index is 276. The first-order valence-corrected chi connectivity index (χ1v) is 6.65. The van der Waals surface area contributed by atoms with E-state index >= 15 is 0 Å². The Hall–Kier alpha value is -0.720. The maximum atomic E-state index is 5.63. The van der Waals surface area contributed by atoms with Crippen LogP contribution in [-0.2, 0) is 0 Å². The molecule has 1 nitrogen and oxygen atoms in total. The first-order chi connectivity index (χ1) is 7.61. The van der Waals surface area contributed by atoms with Crippen molar-refractivity contribution in [3.05, 3.63) is 24.2 Å². The Morgan fingerprint density at radius 1 is 1.06 bits per heavy atom. The van der Waals surface area contributed by atoms with Crippen LogP contribution < -0.4 is 0 Å². The second-order valence-corrected chi connectivity index (χ2v) is 5.17. The number of hydrogen-bond acceptors (Lipinski definition) is 1. The van der Waals surface area contributed by atoms with Gasteiger partial charge in [0.05, 0.1) is 6.26 Å². The third-order valence-electron chi connectivity index (χ3n) is 4.24. The van der Waals surface area contributed by atoms with E-state index in [4.69, 9.17) is 4.42 Å². The van der Waals surface area contributed by atoms with E-state index in [2.05, 4.69) is 40.7 Å². The summed E-state index contributed by atoms with van der Waals surface area (Å²) in [5.74, 6) is 3.86. The van der Waals surface area contributed by atoms with Gasteiger partial charge in [-0.3, -0.25) is 0 Å². The monoisotopic (exact) mass is 222 g/mol. The molecule has 0 aromatic carbocycles. The van der Waals surface area contributed by atoms with Crippen LogP contribution in [0.1, 0.15) is 59.1 Å². The van der Waals surface area contributed by atoms with Gasteiger partial charge in [-0.05, 0) is 29.9 Å². The van der Waals surface area contributed by atoms with Gasteiger partial charge in [0.2, 0.25) is 0 Å². The SMILES string of the molecule is CCC(C)C(C)C(c1ccco1)C(C)CC. The lowest BCUT2D eigenvalue weighted by Crippen LogP contribution is -2.22. The molecule has 1 aromatic heterocycles. The summed E-state index contributed by atoms with van der Waals surface area (Å²) < 4.78 is 5.63. The summed E-state index contributed by atoms with van der Waals surface area (Å²) >= 11 is 0. The lowest BCUT2D eigenvalue weighted by Gasteiger charge is -2.31. The molecule has 4 unspecified atom stereocenters. The van der Waals surface area contributed by atoms with E-state index in [-0.39, 0.29) is 0 Å². The van der Waals surface area contributed by atoms with Gasteiger partial charge in [-0.2, -0.15) is 0 Å². The normalized spacial score (nSPS) is 19.1. The molecule has 1 rings (SSSR count). The largest absolute Gasteiger partial charge is 0.469 e. The average molecular weight is 222 g/mol. The molecule has 0 bridgehead atoms. The van der Waals surface area contributed by atoms with Gasteiger partial charge in [0.25, 0.3) is 0 Å². The predicted molar refractivity (Wildman–Crippen MR) is 69.5 cm³/mol. The zero-order chi connectivity index (χ0) is 12.1. The third kappa shape index (κ3) is 2.90. The first kappa shape index (κ1) is 13.3. The van der Waals surface area contributed by atoms with Gasteiger partial charge in [-0.25, -0.2) is 0 Å². The van der Waals surface area contributed by atoms with Crippen LogP contribution in [0, 0.1) is 17.8 Å². The predicted octanol–water partition coefficient (Wildman–Crippen LogP) is 5.09. The van der Waals surface area contributed by atoms with Crippen molar-refractivity contribution in [3.8, 4) is 0 Å². The molecule has 0 aliphatic carbocycles. The van der Waals surface area contributed by atoms with Gasteiger partial charge in [0.15, 0.2) is 0 Å². The van der Waals surface area contributed by atoms with Crippen LogP contribution in [0.4, 0.5) is 0 Å². The summed E-state index contributed by atoms with van der Waals surface area (Å²) in [7, 11) is 0. The molecule has 1 heterocycles. The molecule has 0 saturated carbocycles. The van der Waals surface area contributed by atoms with Gasteiger partial charge in [-0.1, -0.05) is 47.5 Å². The van der Waals surface area contributed by atoms with Gasteiger partial charge in [0.1, 0.15) is 5.76 Å². The standard InChI is InChI=1S/C15H26O/c1-6-11(3)13(5)15(12(4)7-2)14-9-8-10-16-14/h8-13,15H,6-7H2,1-5H3. The molecule has 0 aliphatic rings. The summed E-state index contributed by atoms with van der Waals surface area (Å²) in [6, 6.07) is 4.14. The number of hydrogen-bond donors (Lipinski definition) is 0. The van der Waals surface area contributed by atoms with Crippen molar-refractivity contribution in [2.75, 3.05) is 0 Å². The van der Waals surface area contributed by atoms with Crippen molar-refractivity contribution in [2.24, 2.45) is 17.8 Å². The zero-order valence-electron chi connectivity index (χ0n) is 11.4. The second kappa shape index (κ2) is 6.12. The summed E-state index contributed by atoms with van der Waals surface area (Å²) in [6.45, 7) is 11.6. The van der Waals surface area contributed by atoms with Crippen molar-refractivity contribution in [2.45, 2.75) is 53.4 Å². The van der Waals surface area contributed by atoms with Crippen LogP contribution in [0.2, 0.25) is 0 Å². The second-order valence-electron chi connectivity index (χ2n) is 5.17. The molecule has 0 N–H and O–H groups in total. The van der Waals surface area contributed by atoms with Crippen molar-refractivity contribution in [3.63, 3.8) is 0 Å². The third-order valence-corrected chi connectivity index (χ3v) is 4.24. The molecule has 4 atom stereocenters. The Kier molecular flexibility index (Phi) is 5.11. The van der Waals surface area contributed by atoms with Crippen molar-refractivity contribution in [1.29, 1.82) is 0 Å². The molecule has 0 aliphatic heterocycles. The Labute approximate surface area is 100 Å². The molecular weight excluding hydrogens is 196 g/mol. The van der Waals surface area contributed by atoms with Crippen LogP contribution in [0.3, 0.4) is 0 Å². The maximum Gasteiger partial charge on any atom is 0.107 e.